The number of nitrogens with one attached hydrogen (secondary N) is 1. The van der Waals surface area contributed by atoms with Gasteiger partial charge in [-0.25, -0.2) is 0 Å². The van der Waals surface area contributed by atoms with Gasteiger partial charge in [0.2, 0.25) is 0 Å². The summed E-state index contributed by atoms with van der Waals surface area (Å²) in [5, 5.41) is 3.68. The first-order valence-corrected chi connectivity index (χ1v) is 6.88. The van der Waals surface area contributed by atoms with Gasteiger partial charge in [0, 0.05) is 6.04 Å². The molecule has 94 valence electrons. The SMILES string of the molecule is Cc1ccc(C(C)NCC(C)C2CC2)c(C)c1. The molecule has 1 aliphatic carbocycles. The lowest BCUT2D eigenvalue weighted by Crippen LogP contribution is -2.25. The molecule has 17 heavy (non-hydrogen) atoms. The third-order valence-corrected chi connectivity index (χ3v) is 4.06. The molecule has 1 N–H and O–H groups in total. The van der Waals surface area contributed by atoms with E-state index >= 15 is 0 Å². The molecule has 0 spiro atoms. The van der Waals surface area contributed by atoms with Gasteiger partial charge >= 0.3 is 0 Å². The molecule has 2 rings (SSSR count). The van der Waals surface area contributed by atoms with E-state index in [9.17, 15) is 0 Å². The van der Waals surface area contributed by atoms with Crippen LogP contribution in [0.2, 0.25) is 0 Å². The monoisotopic (exact) mass is 231 g/mol. The van der Waals surface area contributed by atoms with Crippen molar-refractivity contribution in [1.82, 2.24) is 5.32 Å². The van der Waals surface area contributed by atoms with E-state index in [0.29, 0.717) is 6.04 Å². The van der Waals surface area contributed by atoms with Crippen LogP contribution in [-0.4, -0.2) is 6.54 Å². The zero-order valence-corrected chi connectivity index (χ0v) is 11.6. The highest BCUT2D eigenvalue weighted by Crippen LogP contribution is 2.36. The maximum atomic E-state index is 3.68. The molecule has 2 atom stereocenters. The molecule has 1 nitrogen and oxygen atoms in total. The maximum Gasteiger partial charge on any atom is 0.0294 e. The Morgan fingerprint density at radius 1 is 1.24 bits per heavy atom. The summed E-state index contributed by atoms with van der Waals surface area (Å²) in [6.45, 7) is 10.2. The minimum atomic E-state index is 0.469. The molecule has 0 bridgehead atoms. The lowest BCUT2D eigenvalue weighted by molar-refractivity contribution is 0.431. The lowest BCUT2D eigenvalue weighted by Gasteiger charge is -2.19. The fourth-order valence-electron chi connectivity index (χ4n) is 2.62. The Balaban J connectivity index is 1.91. The quantitative estimate of drug-likeness (QED) is 0.807. The van der Waals surface area contributed by atoms with Crippen molar-refractivity contribution in [2.75, 3.05) is 6.54 Å². The van der Waals surface area contributed by atoms with Crippen molar-refractivity contribution in [3.8, 4) is 0 Å². The first-order valence-electron chi connectivity index (χ1n) is 6.88. The summed E-state index contributed by atoms with van der Waals surface area (Å²) < 4.78 is 0. The standard InChI is InChI=1S/C16H25N/c1-11-5-8-16(12(2)9-11)14(4)17-10-13(3)15-6-7-15/h5,8-9,13-15,17H,6-7,10H2,1-4H3. The highest BCUT2D eigenvalue weighted by Gasteiger charge is 2.27. The van der Waals surface area contributed by atoms with E-state index in [4.69, 9.17) is 0 Å². The average Bonchev–Trinajstić information content (AvgIpc) is 3.09. The van der Waals surface area contributed by atoms with Crippen molar-refractivity contribution in [3.05, 3.63) is 34.9 Å². The van der Waals surface area contributed by atoms with Crippen LogP contribution in [0, 0.1) is 25.7 Å². The zero-order valence-electron chi connectivity index (χ0n) is 11.6. The van der Waals surface area contributed by atoms with E-state index in [-0.39, 0.29) is 0 Å². The highest BCUT2D eigenvalue weighted by atomic mass is 14.9. The first kappa shape index (κ1) is 12.6. The summed E-state index contributed by atoms with van der Waals surface area (Å²) in [5.74, 6) is 1.83. The average molecular weight is 231 g/mol. The van der Waals surface area contributed by atoms with Crippen molar-refractivity contribution < 1.29 is 0 Å². The number of rotatable bonds is 5. The van der Waals surface area contributed by atoms with E-state index in [1.807, 2.05) is 0 Å². The molecule has 1 aromatic carbocycles. The van der Waals surface area contributed by atoms with Crippen molar-refractivity contribution in [1.29, 1.82) is 0 Å². The van der Waals surface area contributed by atoms with Crippen LogP contribution in [-0.2, 0) is 0 Å². The lowest BCUT2D eigenvalue weighted by atomic mass is 9.99. The Kier molecular flexibility index (Phi) is 3.88. The van der Waals surface area contributed by atoms with E-state index < -0.39 is 0 Å². The molecule has 1 aliphatic rings. The number of hydrogen-bond acceptors (Lipinski definition) is 1. The third kappa shape index (κ3) is 3.32. The number of hydrogen-bond donors (Lipinski definition) is 1. The van der Waals surface area contributed by atoms with Crippen molar-refractivity contribution in [3.63, 3.8) is 0 Å². The molecule has 0 aliphatic heterocycles. The van der Waals surface area contributed by atoms with Gasteiger partial charge in [-0.2, -0.15) is 0 Å². The molecule has 1 saturated carbocycles. The molecule has 0 saturated heterocycles. The molecular formula is C16H25N. The molecule has 1 aromatic rings. The Labute approximate surface area is 106 Å². The van der Waals surface area contributed by atoms with Gasteiger partial charge in [-0.3, -0.25) is 0 Å². The van der Waals surface area contributed by atoms with Crippen LogP contribution in [0.3, 0.4) is 0 Å². The van der Waals surface area contributed by atoms with Gasteiger partial charge in [0.15, 0.2) is 0 Å². The van der Waals surface area contributed by atoms with Crippen LogP contribution in [0.25, 0.3) is 0 Å². The Morgan fingerprint density at radius 2 is 1.94 bits per heavy atom. The molecule has 2 unspecified atom stereocenters. The zero-order chi connectivity index (χ0) is 12.4. The van der Waals surface area contributed by atoms with Crippen LogP contribution in [0.1, 0.15) is 49.4 Å². The second kappa shape index (κ2) is 5.22. The Bertz CT molecular complexity index is 379. The third-order valence-electron chi connectivity index (χ3n) is 4.06. The molecular weight excluding hydrogens is 206 g/mol. The predicted molar refractivity (Wildman–Crippen MR) is 74.2 cm³/mol. The van der Waals surface area contributed by atoms with Gasteiger partial charge in [-0.1, -0.05) is 30.7 Å². The van der Waals surface area contributed by atoms with Gasteiger partial charge in [0.25, 0.3) is 0 Å². The number of aryl methyl sites for hydroxylation is 2. The summed E-state index contributed by atoms with van der Waals surface area (Å²) in [6.07, 6.45) is 2.89. The Hall–Kier alpha value is -0.820. The van der Waals surface area contributed by atoms with E-state index in [1.165, 1.54) is 29.5 Å². The van der Waals surface area contributed by atoms with Crippen molar-refractivity contribution in [2.45, 2.75) is 46.6 Å². The second-order valence-electron chi connectivity index (χ2n) is 5.80. The van der Waals surface area contributed by atoms with Crippen LogP contribution < -0.4 is 5.32 Å². The molecule has 0 aromatic heterocycles. The van der Waals surface area contributed by atoms with E-state index in [1.54, 1.807) is 0 Å². The normalized spacial score (nSPS) is 19.1. The Morgan fingerprint density at radius 3 is 2.53 bits per heavy atom. The topological polar surface area (TPSA) is 12.0 Å². The van der Waals surface area contributed by atoms with Crippen molar-refractivity contribution >= 4 is 0 Å². The van der Waals surface area contributed by atoms with Crippen LogP contribution in [0.4, 0.5) is 0 Å². The highest BCUT2D eigenvalue weighted by molar-refractivity contribution is 5.32. The van der Waals surface area contributed by atoms with Crippen LogP contribution in [0.5, 0.6) is 0 Å². The molecule has 0 heterocycles. The minimum absolute atomic E-state index is 0.469. The van der Waals surface area contributed by atoms with Gasteiger partial charge in [0.1, 0.15) is 0 Å². The summed E-state index contributed by atoms with van der Waals surface area (Å²) >= 11 is 0. The maximum absolute atomic E-state index is 3.68. The molecule has 1 heteroatoms. The van der Waals surface area contributed by atoms with Gasteiger partial charge in [0.05, 0.1) is 0 Å². The number of benzene rings is 1. The van der Waals surface area contributed by atoms with Gasteiger partial charge < -0.3 is 5.32 Å². The van der Waals surface area contributed by atoms with Gasteiger partial charge in [-0.05, 0) is 63.1 Å². The fraction of sp³-hybridized carbons (Fsp3) is 0.625. The summed E-state index contributed by atoms with van der Waals surface area (Å²) in [4.78, 5) is 0. The smallest absolute Gasteiger partial charge is 0.0294 e. The minimum Gasteiger partial charge on any atom is -0.310 e. The van der Waals surface area contributed by atoms with Crippen LogP contribution >= 0.6 is 0 Å². The van der Waals surface area contributed by atoms with Gasteiger partial charge in [-0.15, -0.1) is 0 Å². The van der Waals surface area contributed by atoms with E-state index in [2.05, 4.69) is 51.2 Å². The summed E-state index contributed by atoms with van der Waals surface area (Å²) in [7, 11) is 0. The molecule has 0 radical (unpaired) electrons. The van der Waals surface area contributed by atoms with Crippen molar-refractivity contribution in [2.24, 2.45) is 11.8 Å². The first-order chi connectivity index (χ1) is 8.08. The summed E-state index contributed by atoms with van der Waals surface area (Å²) in [5.41, 5.74) is 4.20. The predicted octanol–water partition coefficient (Wildman–Crippen LogP) is 4.00. The largest absolute Gasteiger partial charge is 0.310 e. The molecule has 1 fully saturated rings. The summed E-state index contributed by atoms with van der Waals surface area (Å²) in [6, 6.07) is 7.23. The van der Waals surface area contributed by atoms with Crippen LogP contribution in [0.15, 0.2) is 18.2 Å². The van der Waals surface area contributed by atoms with E-state index in [0.717, 1.165) is 18.4 Å². The second-order valence-corrected chi connectivity index (χ2v) is 5.80. The molecule has 0 amide bonds. The fourth-order valence-corrected chi connectivity index (χ4v) is 2.62.